The first-order valence-electron chi connectivity index (χ1n) is 5.39. The molecule has 2 rings (SSSR count). The number of hydrogen-bond donors (Lipinski definition) is 1. The largest absolute Gasteiger partial charge is 0.391 e. The molecule has 1 aromatic rings. The zero-order valence-corrected chi connectivity index (χ0v) is 8.90. The van der Waals surface area contributed by atoms with Crippen molar-refractivity contribution in [2.75, 3.05) is 0 Å². The molecule has 1 heterocycles. The van der Waals surface area contributed by atoms with Gasteiger partial charge in [0.05, 0.1) is 17.8 Å². The number of hydrogen-bond acceptors (Lipinski definition) is 2. The zero-order chi connectivity index (χ0) is 10.1. The Morgan fingerprint density at radius 1 is 1.36 bits per heavy atom. The van der Waals surface area contributed by atoms with Crippen LogP contribution in [-0.4, -0.2) is 21.0 Å². The van der Waals surface area contributed by atoms with Crippen molar-refractivity contribution < 1.29 is 5.11 Å². The monoisotopic (exact) mass is 194 g/mol. The molecule has 1 saturated carbocycles. The second-order valence-electron chi connectivity index (χ2n) is 4.29. The minimum absolute atomic E-state index is 0.206. The molecule has 0 aliphatic heterocycles. The lowest BCUT2D eigenvalue weighted by molar-refractivity contribution is 0.0683. The molecule has 1 aliphatic carbocycles. The number of aliphatic hydroxyl groups is 1. The van der Waals surface area contributed by atoms with Crippen LogP contribution in [0.15, 0.2) is 6.07 Å². The van der Waals surface area contributed by atoms with Gasteiger partial charge in [-0.3, -0.25) is 4.68 Å². The Bertz CT molecular complexity index is 319. The predicted octanol–water partition coefficient (Wildman–Crippen LogP) is 1.98. The first kappa shape index (κ1) is 9.71. The van der Waals surface area contributed by atoms with Crippen molar-refractivity contribution in [3.63, 3.8) is 0 Å². The van der Waals surface area contributed by atoms with Crippen LogP contribution in [0.5, 0.6) is 0 Å². The predicted molar refractivity (Wildman–Crippen MR) is 55.2 cm³/mol. The minimum Gasteiger partial charge on any atom is -0.391 e. The van der Waals surface area contributed by atoms with Crippen LogP contribution < -0.4 is 0 Å². The van der Waals surface area contributed by atoms with Gasteiger partial charge in [0.1, 0.15) is 0 Å². The van der Waals surface area contributed by atoms with Gasteiger partial charge in [-0.15, -0.1) is 0 Å². The third-order valence-corrected chi connectivity index (χ3v) is 3.05. The minimum atomic E-state index is -0.207. The maximum Gasteiger partial charge on any atom is 0.0781 e. The van der Waals surface area contributed by atoms with Gasteiger partial charge >= 0.3 is 0 Å². The maximum absolute atomic E-state index is 9.90. The van der Waals surface area contributed by atoms with Crippen LogP contribution in [0.4, 0.5) is 0 Å². The molecule has 3 nitrogen and oxygen atoms in total. The molecule has 0 radical (unpaired) electrons. The molecule has 1 N–H and O–H groups in total. The number of aliphatic hydroxyl groups excluding tert-OH is 1. The highest BCUT2D eigenvalue weighted by atomic mass is 16.3. The molecule has 2 atom stereocenters. The molecule has 78 valence electrons. The highest BCUT2D eigenvalue weighted by Gasteiger charge is 2.26. The van der Waals surface area contributed by atoms with Gasteiger partial charge in [-0.1, -0.05) is 12.8 Å². The number of aromatic nitrogens is 2. The van der Waals surface area contributed by atoms with Crippen molar-refractivity contribution in [1.82, 2.24) is 9.78 Å². The highest BCUT2D eigenvalue weighted by molar-refractivity contribution is 5.08. The Morgan fingerprint density at radius 2 is 2.07 bits per heavy atom. The number of aryl methyl sites for hydroxylation is 2. The second-order valence-corrected chi connectivity index (χ2v) is 4.29. The fourth-order valence-corrected chi connectivity index (χ4v) is 2.36. The van der Waals surface area contributed by atoms with E-state index in [0.717, 1.165) is 30.7 Å². The van der Waals surface area contributed by atoms with E-state index >= 15 is 0 Å². The number of rotatable bonds is 1. The van der Waals surface area contributed by atoms with Crippen molar-refractivity contribution >= 4 is 0 Å². The lowest BCUT2D eigenvalue weighted by Crippen LogP contribution is -2.28. The normalized spacial score (nSPS) is 27.9. The van der Waals surface area contributed by atoms with Gasteiger partial charge in [0.25, 0.3) is 0 Å². The van der Waals surface area contributed by atoms with Gasteiger partial charge < -0.3 is 5.11 Å². The average Bonchev–Trinajstić information content (AvgIpc) is 2.46. The molecule has 0 spiro atoms. The molecular weight excluding hydrogens is 176 g/mol. The van der Waals surface area contributed by atoms with Crippen LogP contribution in [0.2, 0.25) is 0 Å². The van der Waals surface area contributed by atoms with E-state index in [9.17, 15) is 5.11 Å². The third-order valence-electron chi connectivity index (χ3n) is 3.05. The molecule has 0 unspecified atom stereocenters. The van der Waals surface area contributed by atoms with Crippen molar-refractivity contribution in [2.45, 2.75) is 51.7 Å². The Hall–Kier alpha value is -0.830. The van der Waals surface area contributed by atoms with E-state index < -0.39 is 0 Å². The lowest BCUT2D eigenvalue weighted by Gasteiger charge is -2.28. The zero-order valence-electron chi connectivity index (χ0n) is 8.90. The van der Waals surface area contributed by atoms with E-state index in [0.29, 0.717) is 0 Å². The Balaban J connectivity index is 2.24. The highest BCUT2D eigenvalue weighted by Crippen LogP contribution is 2.29. The maximum atomic E-state index is 9.90. The van der Waals surface area contributed by atoms with E-state index in [-0.39, 0.29) is 12.1 Å². The third kappa shape index (κ3) is 1.69. The van der Waals surface area contributed by atoms with Gasteiger partial charge in [0.15, 0.2) is 0 Å². The molecule has 0 bridgehead atoms. The summed E-state index contributed by atoms with van der Waals surface area (Å²) in [6, 6.07) is 2.28. The lowest BCUT2D eigenvalue weighted by atomic mass is 9.92. The summed E-state index contributed by atoms with van der Waals surface area (Å²) in [5, 5.41) is 14.3. The molecule has 0 aromatic carbocycles. The van der Waals surface area contributed by atoms with E-state index in [1.165, 1.54) is 6.42 Å². The van der Waals surface area contributed by atoms with E-state index in [1.54, 1.807) is 0 Å². The van der Waals surface area contributed by atoms with Gasteiger partial charge in [-0.25, -0.2) is 0 Å². The quantitative estimate of drug-likeness (QED) is 0.742. The molecule has 0 saturated heterocycles. The summed E-state index contributed by atoms with van der Waals surface area (Å²) in [7, 11) is 0. The van der Waals surface area contributed by atoms with E-state index in [1.807, 2.05) is 11.6 Å². The summed E-state index contributed by atoms with van der Waals surface area (Å²) in [6.07, 6.45) is 4.13. The van der Waals surface area contributed by atoms with Crippen molar-refractivity contribution in [3.8, 4) is 0 Å². The van der Waals surface area contributed by atoms with Crippen LogP contribution in [0, 0.1) is 13.8 Å². The average molecular weight is 194 g/mol. The van der Waals surface area contributed by atoms with Crippen LogP contribution >= 0.6 is 0 Å². The Kier molecular flexibility index (Phi) is 2.59. The molecule has 1 aliphatic rings. The SMILES string of the molecule is Cc1cc(C)n([C@@H]2CCCC[C@@H]2O)n1. The summed E-state index contributed by atoms with van der Waals surface area (Å²) in [5.41, 5.74) is 2.20. The first-order valence-corrected chi connectivity index (χ1v) is 5.39. The van der Waals surface area contributed by atoms with Crippen LogP contribution in [0.25, 0.3) is 0 Å². The first-order chi connectivity index (χ1) is 6.68. The van der Waals surface area contributed by atoms with Gasteiger partial charge in [-0.05, 0) is 32.8 Å². The fraction of sp³-hybridized carbons (Fsp3) is 0.727. The molecule has 0 amide bonds. The summed E-state index contributed by atoms with van der Waals surface area (Å²) < 4.78 is 2.00. The summed E-state index contributed by atoms with van der Waals surface area (Å²) in [4.78, 5) is 0. The topological polar surface area (TPSA) is 38.0 Å². The second kappa shape index (κ2) is 3.73. The smallest absolute Gasteiger partial charge is 0.0781 e. The van der Waals surface area contributed by atoms with Crippen molar-refractivity contribution in [3.05, 3.63) is 17.5 Å². The molecule has 14 heavy (non-hydrogen) atoms. The van der Waals surface area contributed by atoms with E-state index in [2.05, 4.69) is 18.1 Å². The van der Waals surface area contributed by atoms with Crippen LogP contribution in [0.3, 0.4) is 0 Å². The van der Waals surface area contributed by atoms with Crippen LogP contribution in [0.1, 0.15) is 43.1 Å². The van der Waals surface area contributed by atoms with Gasteiger partial charge in [0.2, 0.25) is 0 Å². The standard InChI is InChI=1S/C11H18N2O/c1-8-7-9(2)13(12-8)10-5-3-4-6-11(10)14/h7,10-11,14H,3-6H2,1-2H3/t10-,11+/m1/s1. The van der Waals surface area contributed by atoms with Gasteiger partial charge in [-0.2, -0.15) is 5.10 Å². The molecule has 3 heteroatoms. The fourth-order valence-electron chi connectivity index (χ4n) is 2.36. The van der Waals surface area contributed by atoms with E-state index in [4.69, 9.17) is 0 Å². The number of nitrogens with zero attached hydrogens (tertiary/aromatic N) is 2. The van der Waals surface area contributed by atoms with Crippen molar-refractivity contribution in [1.29, 1.82) is 0 Å². The Labute approximate surface area is 84.7 Å². The molecule has 1 aromatic heterocycles. The molecular formula is C11H18N2O. The Morgan fingerprint density at radius 3 is 2.64 bits per heavy atom. The molecule has 1 fully saturated rings. The summed E-state index contributed by atoms with van der Waals surface area (Å²) >= 11 is 0. The summed E-state index contributed by atoms with van der Waals surface area (Å²) in [5.74, 6) is 0. The van der Waals surface area contributed by atoms with Crippen molar-refractivity contribution in [2.24, 2.45) is 0 Å². The van der Waals surface area contributed by atoms with Gasteiger partial charge in [0, 0.05) is 5.69 Å². The van der Waals surface area contributed by atoms with Crippen LogP contribution in [-0.2, 0) is 0 Å². The summed E-state index contributed by atoms with van der Waals surface area (Å²) in [6.45, 7) is 4.06.